The van der Waals surface area contributed by atoms with Crippen LogP contribution in [0.4, 0.5) is 0 Å². The normalized spacial score (nSPS) is 39.2. The maximum atomic E-state index is 5.40. The molecule has 1 aromatic carbocycles. The molecule has 0 amide bonds. The number of benzene rings is 1. The van der Waals surface area contributed by atoms with E-state index in [2.05, 4.69) is 37.1 Å². The molecule has 0 radical (unpaired) electrons. The van der Waals surface area contributed by atoms with Crippen LogP contribution in [0.2, 0.25) is 0 Å². The fourth-order valence-corrected chi connectivity index (χ4v) is 5.58. The molecular weight excluding hydrogens is 246 g/mol. The van der Waals surface area contributed by atoms with Crippen molar-refractivity contribution in [2.75, 3.05) is 20.7 Å². The van der Waals surface area contributed by atoms with Crippen molar-refractivity contribution >= 4 is 0 Å². The highest BCUT2D eigenvalue weighted by atomic mass is 16.5. The highest BCUT2D eigenvalue weighted by Gasteiger charge is 2.58. The van der Waals surface area contributed by atoms with Crippen molar-refractivity contribution < 1.29 is 4.74 Å². The third-order valence-electron chi connectivity index (χ3n) is 6.61. The van der Waals surface area contributed by atoms with E-state index in [4.69, 9.17) is 4.74 Å². The number of likely N-dealkylation sites (tertiary alicyclic amines) is 1. The molecule has 1 spiro atoms. The molecular formula is C18H25NO. The van der Waals surface area contributed by atoms with Crippen LogP contribution in [0.1, 0.15) is 43.2 Å². The average molecular weight is 271 g/mol. The Balaban J connectivity index is 1.77. The fourth-order valence-electron chi connectivity index (χ4n) is 5.58. The van der Waals surface area contributed by atoms with Gasteiger partial charge >= 0.3 is 0 Å². The minimum atomic E-state index is 0.565. The fraction of sp³-hybridized carbons (Fsp3) is 0.667. The van der Waals surface area contributed by atoms with Gasteiger partial charge in [0.05, 0.1) is 7.11 Å². The van der Waals surface area contributed by atoms with Crippen LogP contribution < -0.4 is 4.74 Å². The molecule has 1 aromatic rings. The molecule has 1 heterocycles. The topological polar surface area (TPSA) is 12.5 Å². The van der Waals surface area contributed by atoms with E-state index in [0.29, 0.717) is 5.41 Å². The average Bonchev–Trinajstić information content (AvgIpc) is 2.94. The highest BCUT2D eigenvalue weighted by Crippen LogP contribution is 2.63. The van der Waals surface area contributed by atoms with Gasteiger partial charge in [0, 0.05) is 12.6 Å². The minimum Gasteiger partial charge on any atom is -0.497 e. The zero-order chi connectivity index (χ0) is 13.9. The first-order chi connectivity index (χ1) is 9.65. The summed E-state index contributed by atoms with van der Waals surface area (Å²) in [5.74, 6) is 2.72. The summed E-state index contributed by atoms with van der Waals surface area (Å²) >= 11 is 0. The third-order valence-corrected chi connectivity index (χ3v) is 6.61. The zero-order valence-corrected chi connectivity index (χ0v) is 12.9. The molecule has 0 aromatic heterocycles. The van der Waals surface area contributed by atoms with Crippen LogP contribution in [0.3, 0.4) is 0 Å². The lowest BCUT2D eigenvalue weighted by atomic mass is 9.63. The van der Waals surface area contributed by atoms with Gasteiger partial charge < -0.3 is 9.64 Å². The lowest BCUT2D eigenvalue weighted by molar-refractivity contribution is 0.188. The number of nitrogens with zero attached hydrogens (tertiary/aromatic N) is 1. The first kappa shape index (κ1) is 12.7. The molecule has 2 fully saturated rings. The monoisotopic (exact) mass is 271 g/mol. The summed E-state index contributed by atoms with van der Waals surface area (Å²) in [6.07, 6.45) is 5.42. The summed E-state index contributed by atoms with van der Waals surface area (Å²) in [5, 5.41) is 0. The van der Waals surface area contributed by atoms with Crippen molar-refractivity contribution in [1.29, 1.82) is 0 Å². The van der Waals surface area contributed by atoms with E-state index in [1.54, 1.807) is 18.2 Å². The third kappa shape index (κ3) is 1.49. The summed E-state index contributed by atoms with van der Waals surface area (Å²) in [6.45, 7) is 3.74. The van der Waals surface area contributed by atoms with Crippen LogP contribution >= 0.6 is 0 Å². The maximum absolute atomic E-state index is 5.40. The van der Waals surface area contributed by atoms with Gasteiger partial charge in [0.15, 0.2) is 0 Å². The Kier molecular flexibility index (Phi) is 2.69. The second-order valence-corrected chi connectivity index (χ2v) is 7.19. The summed E-state index contributed by atoms with van der Waals surface area (Å²) in [7, 11) is 4.09. The maximum Gasteiger partial charge on any atom is 0.119 e. The van der Waals surface area contributed by atoms with Crippen LogP contribution in [0, 0.1) is 11.3 Å². The zero-order valence-electron chi connectivity index (χ0n) is 12.9. The predicted octanol–water partition coefficient (Wildman–Crippen LogP) is 3.46. The molecule has 2 heteroatoms. The van der Waals surface area contributed by atoms with E-state index in [0.717, 1.165) is 23.6 Å². The van der Waals surface area contributed by atoms with Crippen molar-refractivity contribution in [3.05, 3.63) is 29.3 Å². The Labute approximate surface area is 122 Å². The summed E-state index contributed by atoms with van der Waals surface area (Å²) in [4.78, 5) is 2.60. The predicted molar refractivity (Wildman–Crippen MR) is 81.3 cm³/mol. The van der Waals surface area contributed by atoms with Gasteiger partial charge in [0.2, 0.25) is 0 Å². The summed E-state index contributed by atoms with van der Waals surface area (Å²) in [6, 6.07) is 7.55. The second kappa shape index (κ2) is 4.24. The van der Waals surface area contributed by atoms with Gasteiger partial charge in [-0.2, -0.15) is 0 Å². The van der Waals surface area contributed by atoms with E-state index in [1.807, 2.05) is 0 Å². The van der Waals surface area contributed by atoms with Gasteiger partial charge in [-0.3, -0.25) is 0 Å². The minimum absolute atomic E-state index is 0.565. The molecule has 4 atom stereocenters. The summed E-state index contributed by atoms with van der Waals surface area (Å²) < 4.78 is 5.40. The lowest BCUT2D eigenvalue weighted by Crippen LogP contribution is -2.36. The number of hydrogen-bond donors (Lipinski definition) is 0. The molecule has 1 saturated heterocycles. The molecule has 1 aliphatic heterocycles. The van der Waals surface area contributed by atoms with E-state index in [9.17, 15) is 0 Å². The van der Waals surface area contributed by atoms with E-state index in [1.165, 1.54) is 32.2 Å². The van der Waals surface area contributed by atoms with Crippen molar-refractivity contribution in [2.45, 2.75) is 44.6 Å². The standard InChI is InChI=1S/C18H25NO/c1-12-16-6-7-17-15-5-4-14(20-3)10-13(15)8-9-18(16,17)11-19(12)2/h4-5,10,12,16-17H,6-9,11H2,1-3H3/t12-,16-,17+,18+/m1/s1. The van der Waals surface area contributed by atoms with Crippen LogP contribution in [-0.4, -0.2) is 31.6 Å². The molecule has 2 aliphatic carbocycles. The Bertz CT molecular complexity index is 540. The SMILES string of the molecule is COc1ccc2c(c1)CC[C@]13CN(C)[C@H](C)[C@H]1CC[C@@H]23. The van der Waals surface area contributed by atoms with Crippen LogP contribution in [-0.2, 0) is 6.42 Å². The molecule has 0 N–H and O–H groups in total. The van der Waals surface area contributed by atoms with Crippen molar-refractivity contribution in [2.24, 2.45) is 11.3 Å². The lowest BCUT2D eigenvalue weighted by Gasteiger charge is -2.41. The van der Waals surface area contributed by atoms with Crippen LogP contribution in [0.15, 0.2) is 18.2 Å². The van der Waals surface area contributed by atoms with Crippen molar-refractivity contribution in [3.8, 4) is 5.75 Å². The quantitative estimate of drug-likeness (QED) is 0.775. The van der Waals surface area contributed by atoms with Gasteiger partial charge in [-0.15, -0.1) is 0 Å². The van der Waals surface area contributed by atoms with Gasteiger partial charge in [0.25, 0.3) is 0 Å². The highest BCUT2D eigenvalue weighted by molar-refractivity contribution is 5.42. The largest absolute Gasteiger partial charge is 0.497 e. The number of fused-ring (bicyclic) bond motifs is 2. The Morgan fingerprint density at radius 2 is 2.15 bits per heavy atom. The van der Waals surface area contributed by atoms with E-state index in [-0.39, 0.29) is 0 Å². The first-order valence-electron chi connectivity index (χ1n) is 8.03. The Hall–Kier alpha value is -1.02. The first-order valence-corrected chi connectivity index (χ1v) is 8.03. The van der Waals surface area contributed by atoms with Crippen molar-refractivity contribution in [3.63, 3.8) is 0 Å². The second-order valence-electron chi connectivity index (χ2n) is 7.19. The van der Waals surface area contributed by atoms with Crippen LogP contribution in [0.5, 0.6) is 5.75 Å². The van der Waals surface area contributed by atoms with Gasteiger partial charge in [0.1, 0.15) is 5.75 Å². The molecule has 2 nitrogen and oxygen atoms in total. The van der Waals surface area contributed by atoms with Gasteiger partial charge in [-0.25, -0.2) is 0 Å². The molecule has 4 rings (SSSR count). The van der Waals surface area contributed by atoms with Gasteiger partial charge in [-0.05, 0) is 80.2 Å². The number of hydrogen-bond acceptors (Lipinski definition) is 2. The molecule has 20 heavy (non-hydrogen) atoms. The van der Waals surface area contributed by atoms with E-state index < -0.39 is 0 Å². The number of rotatable bonds is 1. The molecule has 108 valence electrons. The number of aryl methyl sites for hydroxylation is 1. The summed E-state index contributed by atoms with van der Waals surface area (Å²) in [5.41, 5.74) is 3.74. The molecule has 3 aliphatic rings. The number of ether oxygens (including phenoxy) is 1. The Morgan fingerprint density at radius 3 is 2.95 bits per heavy atom. The number of methoxy groups -OCH3 is 1. The Morgan fingerprint density at radius 1 is 1.30 bits per heavy atom. The van der Waals surface area contributed by atoms with Gasteiger partial charge in [-0.1, -0.05) is 6.07 Å². The van der Waals surface area contributed by atoms with Crippen LogP contribution in [0.25, 0.3) is 0 Å². The van der Waals surface area contributed by atoms with E-state index >= 15 is 0 Å². The molecule has 0 bridgehead atoms. The molecule has 0 unspecified atom stereocenters. The van der Waals surface area contributed by atoms with Crippen molar-refractivity contribution in [1.82, 2.24) is 4.90 Å². The molecule has 1 saturated carbocycles. The smallest absolute Gasteiger partial charge is 0.119 e.